The van der Waals surface area contributed by atoms with Crippen LogP contribution in [-0.4, -0.2) is 27.0 Å². The average molecular weight is 380 g/mol. The predicted octanol–water partition coefficient (Wildman–Crippen LogP) is 0.590. The number of amides is 1. The molecular weight excluding hydrogens is 364 g/mol. The van der Waals surface area contributed by atoms with Crippen LogP contribution < -0.4 is 26.0 Å². The normalized spacial score (nSPS) is 12.0. The predicted molar refractivity (Wildman–Crippen MR) is 98.8 cm³/mol. The Morgan fingerprint density at radius 1 is 1.11 bits per heavy atom. The number of para-hydroxylation sites is 1. The molecule has 0 unspecified atom stereocenters. The zero-order valence-corrected chi connectivity index (χ0v) is 14.9. The van der Waals surface area contributed by atoms with E-state index in [1.165, 1.54) is 7.05 Å². The van der Waals surface area contributed by atoms with E-state index in [0.29, 0.717) is 17.2 Å². The maximum Gasteiger partial charge on any atom is 0.351 e. The molecule has 1 aromatic heterocycles. The Hall–Kier alpha value is -3.88. The van der Waals surface area contributed by atoms with Gasteiger partial charge in [-0.15, -0.1) is 0 Å². The smallest absolute Gasteiger partial charge is 0.351 e. The summed E-state index contributed by atoms with van der Waals surface area (Å²) in [6, 6.07) is 13.8. The lowest BCUT2D eigenvalue weighted by Crippen LogP contribution is -2.44. The molecule has 2 heterocycles. The molecule has 2 aromatic carbocycles. The van der Waals surface area contributed by atoms with Gasteiger partial charge in [0.1, 0.15) is 0 Å². The Kier molecular flexibility index (Phi) is 4.40. The van der Waals surface area contributed by atoms with E-state index in [2.05, 4.69) is 10.4 Å². The highest BCUT2D eigenvalue weighted by molar-refractivity contribution is 5.91. The van der Waals surface area contributed by atoms with E-state index < -0.39 is 17.2 Å². The molecule has 0 bridgehead atoms. The highest BCUT2D eigenvalue weighted by Crippen LogP contribution is 2.32. The Balaban J connectivity index is 1.61. The molecule has 0 radical (unpaired) electrons. The third-order valence-electron chi connectivity index (χ3n) is 4.28. The standard InChI is InChI=1S/C19H16N4O5/c1-22-18(25)16(21-23(19(22)26)13-5-3-2-4-6-13)17(24)20-10-12-7-8-14-15(9-12)28-11-27-14/h2-9H,10-11H2,1H3,(H,20,24). The zero-order chi connectivity index (χ0) is 19.7. The molecule has 1 aliphatic rings. The van der Waals surface area contributed by atoms with Crippen LogP contribution in [0.15, 0.2) is 58.1 Å². The molecule has 0 saturated heterocycles. The summed E-state index contributed by atoms with van der Waals surface area (Å²) in [5, 5.41) is 6.63. The molecule has 9 nitrogen and oxygen atoms in total. The number of benzene rings is 2. The highest BCUT2D eigenvalue weighted by Gasteiger charge is 2.19. The summed E-state index contributed by atoms with van der Waals surface area (Å²) < 4.78 is 12.4. The summed E-state index contributed by atoms with van der Waals surface area (Å²) in [4.78, 5) is 37.3. The monoisotopic (exact) mass is 380 g/mol. The van der Waals surface area contributed by atoms with Crippen LogP contribution in [0.1, 0.15) is 16.1 Å². The maximum atomic E-state index is 12.6. The van der Waals surface area contributed by atoms with Crippen molar-refractivity contribution in [3.05, 3.63) is 80.6 Å². The first-order valence-corrected chi connectivity index (χ1v) is 8.47. The van der Waals surface area contributed by atoms with E-state index >= 15 is 0 Å². The van der Waals surface area contributed by atoms with Gasteiger partial charge in [0.2, 0.25) is 12.5 Å². The quantitative estimate of drug-likeness (QED) is 0.710. The van der Waals surface area contributed by atoms with Crippen LogP contribution in [0.3, 0.4) is 0 Å². The van der Waals surface area contributed by atoms with Gasteiger partial charge in [-0.2, -0.15) is 9.78 Å². The van der Waals surface area contributed by atoms with Gasteiger partial charge in [0.25, 0.3) is 11.5 Å². The van der Waals surface area contributed by atoms with Crippen molar-refractivity contribution in [2.24, 2.45) is 7.05 Å². The maximum absolute atomic E-state index is 12.6. The van der Waals surface area contributed by atoms with E-state index in [9.17, 15) is 14.4 Å². The fraction of sp³-hybridized carbons (Fsp3) is 0.158. The lowest BCUT2D eigenvalue weighted by atomic mass is 10.2. The Bertz CT molecular complexity index is 1170. The van der Waals surface area contributed by atoms with E-state index in [-0.39, 0.29) is 19.0 Å². The molecular formula is C19H16N4O5. The van der Waals surface area contributed by atoms with E-state index in [1.54, 1.807) is 48.5 Å². The number of nitrogens with one attached hydrogen (secondary N) is 1. The number of ether oxygens (including phenoxy) is 2. The molecule has 28 heavy (non-hydrogen) atoms. The van der Waals surface area contributed by atoms with E-state index in [1.807, 2.05) is 0 Å². The third-order valence-corrected chi connectivity index (χ3v) is 4.28. The van der Waals surface area contributed by atoms with Crippen LogP contribution in [0, 0.1) is 0 Å². The number of carbonyl (C=O) groups is 1. The Morgan fingerprint density at radius 2 is 1.86 bits per heavy atom. The molecule has 142 valence electrons. The molecule has 1 amide bonds. The van der Waals surface area contributed by atoms with Crippen molar-refractivity contribution in [2.75, 3.05) is 6.79 Å². The molecule has 9 heteroatoms. The van der Waals surface area contributed by atoms with Crippen molar-refractivity contribution in [1.82, 2.24) is 19.7 Å². The first-order valence-electron chi connectivity index (χ1n) is 8.47. The molecule has 4 rings (SSSR count). The minimum atomic E-state index is -0.764. The summed E-state index contributed by atoms with van der Waals surface area (Å²) in [6.45, 7) is 0.316. The van der Waals surface area contributed by atoms with Crippen LogP contribution in [0.25, 0.3) is 5.69 Å². The number of nitrogens with zero attached hydrogens (tertiary/aromatic N) is 3. The Labute approximate surface area is 158 Å². The number of carbonyl (C=O) groups excluding carboxylic acids is 1. The number of fused-ring (bicyclic) bond motifs is 1. The molecule has 0 saturated carbocycles. The largest absolute Gasteiger partial charge is 0.454 e. The van der Waals surface area contributed by atoms with Crippen LogP contribution in [0.5, 0.6) is 11.5 Å². The fourth-order valence-electron chi connectivity index (χ4n) is 2.77. The highest BCUT2D eigenvalue weighted by atomic mass is 16.7. The second-order valence-corrected chi connectivity index (χ2v) is 6.11. The minimum Gasteiger partial charge on any atom is -0.454 e. The number of hydrogen-bond donors (Lipinski definition) is 1. The number of rotatable bonds is 4. The second-order valence-electron chi connectivity index (χ2n) is 6.11. The van der Waals surface area contributed by atoms with Gasteiger partial charge in [0.05, 0.1) is 5.69 Å². The van der Waals surface area contributed by atoms with Gasteiger partial charge in [-0.25, -0.2) is 4.79 Å². The van der Waals surface area contributed by atoms with Crippen LogP contribution >= 0.6 is 0 Å². The summed E-state index contributed by atoms with van der Waals surface area (Å²) in [7, 11) is 1.31. The summed E-state index contributed by atoms with van der Waals surface area (Å²) >= 11 is 0. The van der Waals surface area contributed by atoms with Crippen molar-refractivity contribution in [2.45, 2.75) is 6.54 Å². The lowest BCUT2D eigenvalue weighted by molar-refractivity contribution is 0.0941. The molecule has 1 N–H and O–H groups in total. The van der Waals surface area contributed by atoms with Crippen molar-refractivity contribution < 1.29 is 14.3 Å². The summed E-state index contributed by atoms with van der Waals surface area (Å²) in [5.41, 5.74) is -0.547. The number of hydrogen-bond acceptors (Lipinski definition) is 6. The van der Waals surface area contributed by atoms with E-state index in [0.717, 1.165) is 14.8 Å². The average Bonchev–Trinajstić information content (AvgIpc) is 3.19. The van der Waals surface area contributed by atoms with Crippen molar-refractivity contribution in [3.8, 4) is 17.2 Å². The number of aromatic nitrogens is 3. The van der Waals surface area contributed by atoms with Gasteiger partial charge in [0, 0.05) is 13.6 Å². The third kappa shape index (κ3) is 3.13. The molecule has 0 aliphatic carbocycles. The Morgan fingerprint density at radius 3 is 2.64 bits per heavy atom. The summed E-state index contributed by atoms with van der Waals surface area (Å²) in [5.74, 6) is 0.557. The molecule has 0 spiro atoms. The molecule has 0 fully saturated rings. The van der Waals surface area contributed by atoms with Gasteiger partial charge in [-0.1, -0.05) is 24.3 Å². The van der Waals surface area contributed by atoms with Crippen molar-refractivity contribution in [1.29, 1.82) is 0 Å². The van der Waals surface area contributed by atoms with Crippen molar-refractivity contribution >= 4 is 5.91 Å². The van der Waals surface area contributed by atoms with Crippen LogP contribution in [0.2, 0.25) is 0 Å². The second kappa shape index (κ2) is 7.03. The first kappa shape index (κ1) is 17.5. The topological polar surface area (TPSA) is 104 Å². The van der Waals surface area contributed by atoms with Crippen LogP contribution in [-0.2, 0) is 13.6 Å². The van der Waals surface area contributed by atoms with Crippen molar-refractivity contribution in [3.63, 3.8) is 0 Å². The van der Waals surface area contributed by atoms with Gasteiger partial charge in [-0.05, 0) is 29.8 Å². The van der Waals surface area contributed by atoms with Gasteiger partial charge < -0.3 is 14.8 Å². The van der Waals surface area contributed by atoms with E-state index in [4.69, 9.17) is 9.47 Å². The van der Waals surface area contributed by atoms with Gasteiger partial charge in [0.15, 0.2) is 11.5 Å². The lowest BCUT2D eigenvalue weighted by Gasteiger charge is -2.10. The minimum absolute atomic E-state index is 0.158. The van der Waals surface area contributed by atoms with Crippen LogP contribution in [0.4, 0.5) is 0 Å². The van der Waals surface area contributed by atoms with Gasteiger partial charge in [-0.3, -0.25) is 14.2 Å². The first-order chi connectivity index (χ1) is 13.5. The SMILES string of the molecule is Cn1c(=O)c(C(=O)NCc2ccc3c(c2)OCO3)nn(-c2ccccc2)c1=O. The molecule has 1 aliphatic heterocycles. The molecule has 0 atom stereocenters. The van der Waals surface area contributed by atoms with Gasteiger partial charge >= 0.3 is 5.69 Å². The fourth-order valence-corrected chi connectivity index (χ4v) is 2.77. The summed E-state index contributed by atoms with van der Waals surface area (Å²) in [6.07, 6.45) is 0. The molecule has 3 aromatic rings. The zero-order valence-electron chi connectivity index (χ0n) is 14.9.